The highest BCUT2D eigenvalue weighted by molar-refractivity contribution is 5.91. The van der Waals surface area contributed by atoms with Crippen LogP contribution in [0.2, 0.25) is 0 Å². The summed E-state index contributed by atoms with van der Waals surface area (Å²) in [4.78, 5) is 11.7. The van der Waals surface area contributed by atoms with E-state index in [1.807, 2.05) is 30.3 Å². The van der Waals surface area contributed by atoms with Gasteiger partial charge in [0.15, 0.2) is 0 Å². The van der Waals surface area contributed by atoms with Crippen LogP contribution < -0.4 is 10.1 Å². The number of ether oxygens (including phenoxy) is 1. The minimum Gasteiger partial charge on any atom is -0.494 e. The lowest BCUT2D eigenvalue weighted by Crippen LogP contribution is -2.25. The lowest BCUT2D eigenvalue weighted by atomic mass is 9.92. The van der Waals surface area contributed by atoms with Crippen LogP contribution in [0.1, 0.15) is 52.5 Å². The van der Waals surface area contributed by atoms with Gasteiger partial charge < -0.3 is 10.1 Å². The van der Waals surface area contributed by atoms with Crippen LogP contribution in [-0.2, 0) is 4.79 Å². The van der Waals surface area contributed by atoms with Gasteiger partial charge in [0.05, 0.1) is 6.61 Å². The van der Waals surface area contributed by atoms with Gasteiger partial charge in [-0.25, -0.2) is 0 Å². The molecule has 0 aliphatic rings. The standard InChI is InChI=1S/C19H29NO2/c1-5-6-15-22-17-10-7-16(8-11-17)9-12-18(21)20-14-13-19(2,3)4/h7-12H,5-6,13-15H2,1-4H3,(H,20,21)/b12-9+. The van der Waals surface area contributed by atoms with E-state index in [4.69, 9.17) is 4.74 Å². The van der Waals surface area contributed by atoms with Crippen LogP contribution >= 0.6 is 0 Å². The van der Waals surface area contributed by atoms with Crippen molar-refractivity contribution in [1.82, 2.24) is 5.32 Å². The van der Waals surface area contributed by atoms with Crippen molar-refractivity contribution >= 4 is 12.0 Å². The molecular formula is C19H29NO2. The molecule has 0 aliphatic carbocycles. The molecule has 0 saturated heterocycles. The summed E-state index contributed by atoms with van der Waals surface area (Å²) in [5.41, 5.74) is 1.23. The predicted octanol–water partition coefficient (Wildman–Crippen LogP) is 4.43. The van der Waals surface area contributed by atoms with Crippen LogP contribution in [0.3, 0.4) is 0 Å². The summed E-state index contributed by atoms with van der Waals surface area (Å²) in [7, 11) is 0. The van der Waals surface area contributed by atoms with Gasteiger partial charge in [0, 0.05) is 12.6 Å². The van der Waals surface area contributed by atoms with E-state index in [9.17, 15) is 4.79 Å². The van der Waals surface area contributed by atoms with Crippen LogP contribution in [0.25, 0.3) is 6.08 Å². The van der Waals surface area contributed by atoms with Gasteiger partial charge in [0.25, 0.3) is 0 Å². The van der Waals surface area contributed by atoms with E-state index in [1.165, 1.54) is 0 Å². The first-order valence-electron chi connectivity index (χ1n) is 8.09. The largest absolute Gasteiger partial charge is 0.494 e. The molecular weight excluding hydrogens is 274 g/mol. The van der Waals surface area contributed by atoms with Gasteiger partial charge in [-0.3, -0.25) is 4.79 Å². The molecule has 122 valence electrons. The van der Waals surface area contributed by atoms with E-state index in [0.29, 0.717) is 6.54 Å². The molecule has 0 unspecified atom stereocenters. The lowest BCUT2D eigenvalue weighted by Gasteiger charge is -2.17. The van der Waals surface area contributed by atoms with E-state index in [0.717, 1.165) is 37.2 Å². The first-order valence-corrected chi connectivity index (χ1v) is 8.09. The van der Waals surface area contributed by atoms with Gasteiger partial charge in [0.1, 0.15) is 5.75 Å². The van der Waals surface area contributed by atoms with Crippen molar-refractivity contribution in [3.05, 3.63) is 35.9 Å². The Bertz CT molecular complexity index is 469. The minimum absolute atomic E-state index is 0.0486. The fraction of sp³-hybridized carbons (Fsp3) is 0.526. The zero-order valence-corrected chi connectivity index (χ0v) is 14.3. The quantitative estimate of drug-likeness (QED) is 0.570. The number of benzene rings is 1. The highest BCUT2D eigenvalue weighted by Crippen LogP contribution is 2.17. The van der Waals surface area contributed by atoms with Gasteiger partial charge in [-0.05, 0) is 42.0 Å². The molecule has 0 bridgehead atoms. The molecule has 1 aromatic rings. The summed E-state index contributed by atoms with van der Waals surface area (Å²) in [6, 6.07) is 7.79. The van der Waals surface area contributed by atoms with E-state index in [-0.39, 0.29) is 11.3 Å². The third kappa shape index (κ3) is 8.50. The number of carbonyl (C=O) groups is 1. The molecule has 22 heavy (non-hydrogen) atoms. The van der Waals surface area contributed by atoms with Crippen molar-refractivity contribution in [2.45, 2.75) is 47.0 Å². The molecule has 0 spiro atoms. The number of carbonyl (C=O) groups excluding carboxylic acids is 1. The Labute approximate surface area is 134 Å². The van der Waals surface area contributed by atoms with Crippen LogP contribution in [0, 0.1) is 5.41 Å². The summed E-state index contributed by atoms with van der Waals surface area (Å²) in [6.07, 6.45) is 6.57. The van der Waals surface area contributed by atoms with Crippen molar-refractivity contribution in [3.63, 3.8) is 0 Å². The maximum absolute atomic E-state index is 11.7. The zero-order chi connectivity index (χ0) is 16.4. The Kier molecular flexibility index (Phi) is 7.72. The summed E-state index contributed by atoms with van der Waals surface area (Å²) in [5.74, 6) is 0.827. The maximum atomic E-state index is 11.7. The smallest absolute Gasteiger partial charge is 0.243 e. The predicted molar refractivity (Wildman–Crippen MR) is 93.0 cm³/mol. The number of hydrogen-bond acceptors (Lipinski definition) is 2. The molecule has 3 nitrogen and oxygen atoms in total. The number of rotatable bonds is 8. The fourth-order valence-electron chi connectivity index (χ4n) is 1.80. The highest BCUT2D eigenvalue weighted by atomic mass is 16.5. The van der Waals surface area contributed by atoms with E-state index < -0.39 is 0 Å². The summed E-state index contributed by atoms with van der Waals surface area (Å²) in [6.45, 7) is 10.1. The molecule has 0 fully saturated rings. The van der Waals surface area contributed by atoms with Crippen LogP contribution in [0.5, 0.6) is 5.75 Å². The van der Waals surface area contributed by atoms with E-state index in [1.54, 1.807) is 6.08 Å². The topological polar surface area (TPSA) is 38.3 Å². The fourth-order valence-corrected chi connectivity index (χ4v) is 1.80. The first kappa shape index (κ1) is 18.3. The highest BCUT2D eigenvalue weighted by Gasteiger charge is 2.09. The molecule has 0 heterocycles. The van der Waals surface area contributed by atoms with E-state index in [2.05, 4.69) is 33.0 Å². The van der Waals surface area contributed by atoms with Crippen molar-refractivity contribution in [3.8, 4) is 5.75 Å². The molecule has 1 N–H and O–H groups in total. The van der Waals surface area contributed by atoms with Gasteiger partial charge in [-0.15, -0.1) is 0 Å². The van der Waals surface area contributed by atoms with E-state index >= 15 is 0 Å². The Morgan fingerprint density at radius 3 is 2.50 bits per heavy atom. The van der Waals surface area contributed by atoms with Crippen molar-refractivity contribution in [1.29, 1.82) is 0 Å². The van der Waals surface area contributed by atoms with Crippen LogP contribution in [0.4, 0.5) is 0 Å². The Balaban J connectivity index is 2.37. The average molecular weight is 303 g/mol. The molecule has 1 rings (SSSR count). The first-order chi connectivity index (χ1) is 10.4. The summed E-state index contributed by atoms with van der Waals surface area (Å²) >= 11 is 0. The monoisotopic (exact) mass is 303 g/mol. The molecule has 0 aromatic heterocycles. The summed E-state index contributed by atoms with van der Waals surface area (Å²) < 4.78 is 5.61. The third-order valence-electron chi connectivity index (χ3n) is 3.25. The van der Waals surface area contributed by atoms with Crippen LogP contribution in [-0.4, -0.2) is 19.1 Å². The molecule has 0 aliphatic heterocycles. The number of hydrogen-bond donors (Lipinski definition) is 1. The normalized spacial score (nSPS) is 11.6. The number of amides is 1. The third-order valence-corrected chi connectivity index (χ3v) is 3.25. The molecule has 1 amide bonds. The zero-order valence-electron chi connectivity index (χ0n) is 14.3. The number of unbranched alkanes of at least 4 members (excludes halogenated alkanes) is 1. The SMILES string of the molecule is CCCCOc1ccc(/C=C/C(=O)NCCC(C)(C)C)cc1. The average Bonchev–Trinajstić information content (AvgIpc) is 2.45. The minimum atomic E-state index is -0.0486. The molecule has 0 radical (unpaired) electrons. The Morgan fingerprint density at radius 1 is 1.23 bits per heavy atom. The molecule has 3 heteroatoms. The summed E-state index contributed by atoms with van der Waals surface area (Å²) in [5, 5.41) is 2.90. The van der Waals surface area contributed by atoms with Gasteiger partial charge >= 0.3 is 0 Å². The second-order valence-electron chi connectivity index (χ2n) is 6.71. The second kappa shape index (κ2) is 9.29. The Hall–Kier alpha value is -1.77. The van der Waals surface area contributed by atoms with Gasteiger partial charge in [-0.2, -0.15) is 0 Å². The maximum Gasteiger partial charge on any atom is 0.243 e. The molecule has 0 atom stereocenters. The second-order valence-corrected chi connectivity index (χ2v) is 6.71. The van der Waals surface area contributed by atoms with Crippen LogP contribution in [0.15, 0.2) is 30.3 Å². The van der Waals surface area contributed by atoms with Crippen molar-refractivity contribution < 1.29 is 9.53 Å². The molecule has 0 saturated carbocycles. The van der Waals surface area contributed by atoms with Gasteiger partial charge in [0.2, 0.25) is 5.91 Å². The lowest BCUT2D eigenvalue weighted by molar-refractivity contribution is -0.116. The number of nitrogens with one attached hydrogen (secondary N) is 1. The molecule has 1 aromatic carbocycles. The van der Waals surface area contributed by atoms with Gasteiger partial charge in [-0.1, -0.05) is 46.2 Å². The van der Waals surface area contributed by atoms with Crippen molar-refractivity contribution in [2.75, 3.05) is 13.2 Å². The van der Waals surface area contributed by atoms with Crippen molar-refractivity contribution in [2.24, 2.45) is 5.41 Å². The Morgan fingerprint density at radius 2 is 1.91 bits per heavy atom.